The van der Waals surface area contributed by atoms with Crippen LogP contribution in [0.3, 0.4) is 0 Å². The minimum atomic E-state index is 0.568. The zero-order valence-electron chi connectivity index (χ0n) is 12.7. The highest BCUT2D eigenvalue weighted by Crippen LogP contribution is 2.24. The average molecular weight is 283 g/mol. The second kappa shape index (κ2) is 7.61. The van der Waals surface area contributed by atoms with Gasteiger partial charge in [-0.3, -0.25) is 4.98 Å². The number of hydrogen-bond donors (Lipinski definition) is 0. The lowest BCUT2D eigenvalue weighted by atomic mass is 10.1. The lowest BCUT2D eigenvalue weighted by molar-refractivity contribution is 0.249. The van der Waals surface area contributed by atoms with Gasteiger partial charge in [0, 0.05) is 24.2 Å². The number of rotatable bonds is 7. The van der Waals surface area contributed by atoms with Gasteiger partial charge in [0.15, 0.2) is 0 Å². The first-order valence-corrected chi connectivity index (χ1v) is 7.42. The van der Waals surface area contributed by atoms with E-state index in [4.69, 9.17) is 4.74 Å². The van der Waals surface area contributed by atoms with E-state index in [-0.39, 0.29) is 0 Å². The van der Waals surface area contributed by atoms with Crippen LogP contribution in [0.15, 0.2) is 30.5 Å². The van der Waals surface area contributed by atoms with Gasteiger partial charge in [-0.2, -0.15) is 5.26 Å². The van der Waals surface area contributed by atoms with Crippen molar-refractivity contribution in [3.63, 3.8) is 0 Å². The molecule has 1 aromatic carbocycles. The minimum Gasteiger partial charge on any atom is -0.492 e. The summed E-state index contributed by atoms with van der Waals surface area (Å²) in [5.41, 5.74) is 1.42. The van der Waals surface area contributed by atoms with Crippen LogP contribution < -0.4 is 4.74 Å². The number of fused-ring (bicyclic) bond motifs is 1. The normalized spacial score (nSPS) is 10.8. The van der Waals surface area contributed by atoms with E-state index in [2.05, 4.69) is 29.8 Å². The maximum absolute atomic E-state index is 9.24. The highest BCUT2D eigenvalue weighted by Gasteiger charge is 2.07. The van der Waals surface area contributed by atoms with Crippen molar-refractivity contribution in [2.24, 2.45) is 0 Å². The Balaban J connectivity index is 2.02. The lowest BCUT2D eigenvalue weighted by Gasteiger charge is -2.17. The Morgan fingerprint density at radius 3 is 2.81 bits per heavy atom. The fraction of sp³-hybridized carbons (Fsp3) is 0.412. The Hall–Kier alpha value is -2.12. The van der Waals surface area contributed by atoms with E-state index >= 15 is 0 Å². The monoisotopic (exact) mass is 283 g/mol. The molecule has 0 saturated heterocycles. The van der Waals surface area contributed by atoms with Crippen LogP contribution in [-0.4, -0.2) is 36.1 Å². The summed E-state index contributed by atoms with van der Waals surface area (Å²) in [5, 5.41) is 10.2. The molecular weight excluding hydrogens is 262 g/mol. The molecule has 0 spiro atoms. The van der Waals surface area contributed by atoms with Crippen LogP contribution in [-0.2, 0) is 0 Å². The summed E-state index contributed by atoms with van der Waals surface area (Å²) in [7, 11) is 0. The van der Waals surface area contributed by atoms with Crippen molar-refractivity contribution in [3.8, 4) is 11.8 Å². The molecule has 1 aromatic heterocycles. The number of nitrogens with zero attached hydrogens (tertiary/aromatic N) is 3. The smallest absolute Gasteiger partial charge is 0.139 e. The van der Waals surface area contributed by atoms with E-state index in [1.807, 2.05) is 24.3 Å². The fourth-order valence-electron chi connectivity index (χ4n) is 2.32. The largest absolute Gasteiger partial charge is 0.492 e. The molecule has 0 aliphatic rings. The van der Waals surface area contributed by atoms with E-state index in [1.165, 1.54) is 0 Å². The summed E-state index contributed by atoms with van der Waals surface area (Å²) >= 11 is 0. The third-order valence-corrected chi connectivity index (χ3v) is 3.60. The van der Waals surface area contributed by atoms with Crippen LogP contribution in [0.5, 0.6) is 5.75 Å². The summed E-state index contributed by atoms with van der Waals surface area (Å²) in [6.45, 7) is 8.06. The van der Waals surface area contributed by atoms with Crippen molar-refractivity contribution in [1.29, 1.82) is 5.26 Å². The Kier molecular flexibility index (Phi) is 5.53. The molecule has 21 heavy (non-hydrogen) atoms. The maximum atomic E-state index is 9.24. The van der Waals surface area contributed by atoms with Gasteiger partial charge in [-0.25, -0.2) is 0 Å². The molecule has 2 rings (SSSR count). The number of aromatic nitrogens is 1. The molecular formula is C17H21N3O. The molecule has 0 amide bonds. The van der Waals surface area contributed by atoms with Crippen LogP contribution in [0.25, 0.3) is 10.9 Å². The van der Waals surface area contributed by atoms with Crippen molar-refractivity contribution < 1.29 is 4.74 Å². The average Bonchev–Trinajstić information content (AvgIpc) is 2.54. The van der Waals surface area contributed by atoms with E-state index in [0.717, 1.165) is 37.0 Å². The van der Waals surface area contributed by atoms with E-state index in [9.17, 15) is 5.26 Å². The van der Waals surface area contributed by atoms with Gasteiger partial charge in [0.25, 0.3) is 0 Å². The van der Waals surface area contributed by atoms with Crippen LogP contribution in [0.1, 0.15) is 25.8 Å². The Labute approximate surface area is 126 Å². The van der Waals surface area contributed by atoms with E-state index < -0.39 is 0 Å². The molecule has 0 fully saturated rings. The van der Waals surface area contributed by atoms with Crippen molar-refractivity contribution in [2.75, 3.05) is 26.2 Å². The molecule has 0 unspecified atom stereocenters. The van der Waals surface area contributed by atoms with Gasteiger partial charge in [0.2, 0.25) is 0 Å². The van der Waals surface area contributed by atoms with Crippen LogP contribution in [0, 0.1) is 11.3 Å². The molecule has 2 aromatic rings. The number of hydrogen-bond acceptors (Lipinski definition) is 4. The number of nitriles is 1. The molecule has 4 nitrogen and oxygen atoms in total. The summed E-state index contributed by atoms with van der Waals surface area (Å²) in [6, 6.07) is 9.71. The Morgan fingerprint density at radius 1 is 1.29 bits per heavy atom. The summed E-state index contributed by atoms with van der Waals surface area (Å²) in [6.07, 6.45) is 2.70. The number of pyridine rings is 1. The molecule has 0 radical (unpaired) electrons. The molecule has 4 heteroatoms. The molecule has 0 saturated carbocycles. The summed E-state index contributed by atoms with van der Waals surface area (Å²) < 4.78 is 5.79. The predicted octanol–water partition coefficient (Wildman–Crippen LogP) is 3.22. The number of benzene rings is 1. The van der Waals surface area contributed by atoms with Gasteiger partial charge in [-0.05, 0) is 31.6 Å². The number of ether oxygens (including phenoxy) is 1. The molecule has 1 heterocycles. The van der Waals surface area contributed by atoms with Gasteiger partial charge in [0.1, 0.15) is 11.8 Å². The van der Waals surface area contributed by atoms with Crippen LogP contribution in [0.2, 0.25) is 0 Å². The first-order valence-electron chi connectivity index (χ1n) is 7.42. The third kappa shape index (κ3) is 3.93. The quantitative estimate of drug-likeness (QED) is 0.732. The van der Waals surface area contributed by atoms with Gasteiger partial charge in [-0.1, -0.05) is 19.9 Å². The second-order valence-corrected chi connectivity index (χ2v) is 4.89. The molecule has 0 atom stereocenters. The first kappa shape index (κ1) is 15.3. The minimum absolute atomic E-state index is 0.568. The first-order chi connectivity index (χ1) is 10.3. The van der Waals surface area contributed by atoms with Crippen molar-refractivity contribution in [2.45, 2.75) is 20.3 Å². The van der Waals surface area contributed by atoms with Crippen molar-refractivity contribution in [3.05, 3.63) is 36.0 Å². The Bertz CT molecular complexity index is 629. The van der Waals surface area contributed by atoms with E-state index in [1.54, 1.807) is 6.20 Å². The second-order valence-electron chi connectivity index (χ2n) is 4.89. The van der Waals surface area contributed by atoms with Crippen molar-refractivity contribution >= 4 is 10.9 Å². The SMILES string of the molecule is CCN(CC)CCCOc1cc2ncccc2cc1C#N. The van der Waals surface area contributed by atoms with Gasteiger partial charge < -0.3 is 9.64 Å². The van der Waals surface area contributed by atoms with Gasteiger partial charge in [-0.15, -0.1) is 0 Å². The van der Waals surface area contributed by atoms with Crippen LogP contribution >= 0.6 is 0 Å². The molecule has 110 valence electrons. The molecule has 0 N–H and O–H groups in total. The fourth-order valence-corrected chi connectivity index (χ4v) is 2.32. The summed E-state index contributed by atoms with van der Waals surface area (Å²) in [5.74, 6) is 0.628. The highest BCUT2D eigenvalue weighted by molar-refractivity contribution is 5.82. The molecule has 0 aliphatic heterocycles. The zero-order chi connectivity index (χ0) is 15.1. The Morgan fingerprint density at radius 2 is 2.10 bits per heavy atom. The van der Waals surface area contributed by atoms with Crippen LogP contribution in [0.4, 0.5) is 0 Å². The van der Waals surface area contributed by atoms with Gasteiger partial charge in [0.05, 0.1) is 17.7 Å². The van der Waals surface area contributed by atoms with Gasteiger partial charge >= 0.3 is 0 Å². The third-order valence-electron chi connectivity index (χ3n) is 3.60. The zero-order valence-corrected chi connectivity index (χ0v) is 12.7. The predicted molar refractivity (Wildman–Crippen MR) is 84.4 cm³/mol. The molecule has 0 aliphatic carbocycles. The standard InChI is InChI=1S/C17H21N3O/c1-3-20(4-2)9-6-10-21-17-12-16-14(7-5-8-19-16)11-15(17)13-18/h5,7-8,11-12H,3-4,6,9-10H2,1-2H3. The topological polar surface area (TPSA) is 49.1 Å². The molecule has 0 bridgehead atoms. The van der Waals surface area contributed by atoms with E-state index in [0.29, 0.717) is 17.9 Å². The lowest BCUT2D eigenvalue weighted by Crippen LogP contribution is -2.25. The highest BCUT2D eigenvalue weighted by atomic mass is 16.5. The maximum Gasteiger partial charge on any atom is 0.139 e. The van der Waals surface area contributed by atoms with Crippen molar-refractivity contribution in [1.82, 2.24) is 9.88 Å². The summed E-state index contributed by atoms with van der Waals surface area (Å²) in [4.78, 5) is 6.66.